The minimum absolute atomic E-state index is 0.347. The highest BCUT2D eigenvalue weighted by atomic mass is 14.9. The first-order chi connectivity index (χ1) is 8.79. The number of hydrogen-bond donors (Lipinski definition) is 1. The maximum Gasteiger partial charge on any atom is 0.0991 e. The molecule has 2 nitrogen and oxygen atoms in total. The van der Waals surface area contributed by atoms with E-state index < -0.39 is 0 Å². The van der Waals surface area contributed by atoms with Gasteiger partial charge in [-0.2, -0.15) is 5.26 Å². The molecule has 0 aromatic heterocycles. The first-order valence-corrected chi connectivity index (χ1v) is 6.71. The van der Waals surface area contributed by atoms with Gasteiger partial charge in [0.05, 0.1) is 11.6 Å². The van der Waals surface area contributed by atoms with Gasteiger partial charge in [0, 0.05) is 6.04 Å². The van der Waals surface area contributed by atoms with Crippen molar-refractivity contribution < 1.29 is 0 Å². The molecule has 0 fully saturated rings. The number of rotatable bonds is 5. The average molecular weight is 240 g/mol. The topological polar surface area (TPSA) is 35.8 Å². The van der Waals surface area contributed by atoms with Crippen molar-refractivity contribution in [3.63, 3.8) is 0 Å². The third-order valence-corrected chi connectivity index (χ3v) is 3.57. The first-order valence-electron chi connectivity index (χ1n) is 6.71. The Balaban J connectivity index is 1.79. The van der Waals surface area contributed by atoms with Gasteiger partial charge < -0.3 is 5.32 Å². The zero-order valence-electron chi connectivity index (χ0n) is 10.9. The summed E-state index contributed by atoms with van der Waals surface area (Å²) in [5.74, 6) is 0. The summed E-state index contributed by atoms with van der Waals surface area (Å²) >= 11 is 0. The molecule has 1 N–H and O–H groups in total. The molecule has 18 heavy (non-hydrogen) atoms. The predicted molar refractivity (Wildman–Crippen MR) is 74.1 cm³/mol. The molecule has 0 saturated heterocycles. The van der Waals surface area contributed by atoms with Crippen LogP contribution in [0, 0.1) is 11.3 Å². The smallest absolute Gasteiger partial charge is 0.0991 e. The van der Waals surface area contributed by atoms with Gasteiger partial charge >= 0.3 is 0 Å². The van der Waals surface area contributed by atoms with Gasteiger partial charge in [0.15, 0.2) is 0 Å². The summed E-state index contributed by atoms with van der Waals surface area (Å²) in [4.78, 5) is 0. The van der Waals surface area contributed by atoms with Crippen molar-refractivity contribution in [1.82, 2.24) is 5.32 Å². The van der Waals surface area contributed by atoms with E-state index in [1.807, 2.05) is 24.3 Å². The molecule has 0 heterocycles. The normalized spacial score (nSPS) is 16.1. The van der Waals surface area contributed by atoms with Crippen LogP contribution >= 0.6 is 0 Å². The maximum atomic E-state index is 8.76. The SMILES string of the molecule is CC(NCCC1=CCCC1)c1ccc(C#N)cc1. The molecule has 0 saturated carbocycles. The highest BCUT2D eigenvalue weighted by Gasteiger charge is 2.07. The second-order valence-corrected chi connectivity index (χ2v) is 4.91. The van der Waals surface area contributed by atoms with Crippen molar-refractivity contribution in [1.29, 1.82) is 5.26 Å². The molecule has 2 heteroatoms. The molecule has 1 aliphatic rings. The third-order valence-electron chi connectivity index (χ3n) is 3.57. The van der Waals surface area contributed by atoms with Crippen LogP contribution in [0.5, 0.6) is 0 Å². The van der Waals surface area contributed by atoms with Gasteiger partial charge in [0.2, 0.25) is 0 Å². The molecule has 1 aromatic rings. The predicted octanol–water partition coefficient (Wildman–Crippen LogP) is 3.71. The Bertz CT molecular complexity index is 451. The van der Waals surface area contributed by atoms with Crippen molar-refractivity contribution in [3.05, 3.63) is 47.0 Å². The number of hydrogen-bond acceptors (Lipinski definition) is 2. The number of benzene rings is 1. The minimum Gasteiger partial charge on any atom is -0.310 e. The molecule has 0 radical (unpaired) electrons. The van der Waals surface area contributed by atoms with E-state index in [0.717, 1.165) is 12.1 Å². The fourth-order valence-electron chi connectivity index (χ4n) is 2.38. The molecule has 0 aliphatic heterocycles. The summed E-state index contributed by atoms with van der Waals surface area (Å²) in [6, 6.07) is 10.3. The standard InChI is InChI=1S/C16H20N2/c1-13(16-8-6-15(12-17)7-9-16)18-11-10-14-4-2-3-5-14/h4,6-9,13,18H,2-3,5,10-11H2,1H3. The lowest BCUT2D eigenvalue weighted by Gasteiger charge is -2.14. The van der Waals surface area contributed by atoms with Crippen LogP contribution in [-0.4, -0.2) is 6.54 Å². The van der Waals surface area contributed by atoms with Crippen LogP contribution in [0.25, 0.3) is 0 Å². The highest BCUT2D eigenvalue weighted by Crippen LogP contribution is 2.20. The van der Waals surface area contributed by atoms with Crippen LogP contribution in [0.1, 0.15) is 49.8 Å². The fourth-order valence-corrected chi connectivity index (χ4v) is 2.38. The molecule has 1 aromatic carbocycles. The van der Waals surface area contributed by atoms with Gasteiger partial charge in [-0.05, 0) is 56.8 Å². The zero-order valence-corrected chi connectivity index (χ0v) is 10.9. The highest BCUT2D eigenvalue weighted by molar-refractivity contribution is 5.32. The van der Waals surface area contributed by atoms with Crippen molar-refractivity contribution in [2.75, 3.05) is 6.54 Å². The fraction of sp³-hybridized carbons (Fsp3) is 0.438. The summed E-state index contributed by atoms with van der Waals surface area (Å²) in [5, 5.41) is 12.3. The molecular formula is C16H20N2. The monoisotopic (exact) mass is 240 g/mol. The first kappa shape index (κ1) is 12.9. The third kappa shape index (κ3) is 3.45. The van der Waals surface area contributed by atoms with Crippen LogP contribution in [0.2, 0.25) is 0 Å². The van der Waals surface area contributed by atoms with Crippen LogP contribution < -0.4 is 5.32 Å². The summed E-state index contributed by atoms with van der Waals surface area (Å²) in [6.45, 7) is 3.21. The van der Waals surface area contributed by atoms with Gasteiger partial charge in [-0.1, -0.05) is 23.8 Å². The Hall–Kier alpha value is -1.59. The number of nitrogens with one attached hydrogen (secondary N) is 1. The van der Waals surface area contributed by atoms with E-state index in [2.05, 4.69) is 24.4 Å². The molecule has 1 aliphatic carbocycles. The van der Waals surface area contributed by atoms with Crippen molar-refractivity contribution >= 4 is 0 Å². The zero-order chi connectivity index (χ0) is 12.8. The van der Waals surface area contributed by atoms with Crippen LogP contribution in [0.4, 0.5) is 0 Å². The second-order valence-electron chi connectivity index (χ2n) is 4.91. The Morgan fingerprint density at radius 3 is 2.72 bits per heavy atom. The Kier molecular flexibility index (Phi) is 4.55. The molecule has 2 rings (SSSR count). The molecule has 0 amide bonds. The Labute approximate surface area is 109 Å². The van der Waals surface area contributed by atoms with E-state index >= 15 is 0 Å². The van der Waals surface area contributed by atoms with Crippen molar-refractivity contribution in [2.45, 2.75) is 38.6 Å². The summed E-state index contributed by atoms with van der Waals surface area (Å²) in [5.41, 5.74) is 3.57. The van der Waals surface area contributed by atoms with Gasteiger partial charge in [-0.15, -0.1) is 0 Å². The molecule has 0 bridgehead atoms. The van der Waals surface area contributed by atoms with Crippen molar-refractivity contribution in [3.8, 4) is 6.07 Å². The van der Waals surface area contributed by atoms with E-state index in [9.17, 15) is 0 Å². The largest absolute Gasteiger partial charge is 0.310 e. The second kappa shape index (κ2) is 6.37. The molecule has 0 spiro atoms. The molecular weight excluding hydrogens is 220 g/mol. The lowest BCUT2D eigenvalue weighted by molar-refractivity contribution is 0.573. The minimum atomic E-state index is 0.347. The van der Waals surface area contributed by atoms with E-state index in [1.165, 1.54) is 31.2 Å². The Morgan fingerprint density at radius 1 is 1.33 bits per heavy atom. The quantitative estimate of drug-likeness (QED) is 0.796. The molecule has 1 atom stereocenters. The lowest BCUT2D eigenvalue weighted by atomic mass is 10.1. The van der Waals surface area contributed by atoms with E-state index in [0.29, 0.717) is 6.04 Å². The average Bonchev–Trinajstić information content (AvgIpc) is 2.92. The van der Waals surface area contributed by atoms with E-state index in [4.69, 9.17) is 5.26 Å². The van der Waals surface area contributed by atoms with Gasteiger partial charge in [0.1, 0.15) is 0 Å². The lowest BCUT2D eigenvalue weighted by Crippen LogP contribution is -2.20. The van der Waals surface area contributed by atoms with Crippen LogP contribution in [0.3, 0.4) is 0 Å². The van der Waals surface area contributed by atoms with Gasteiger partial charge in [-0.3, -0.25) is 0 Å². The Morgan fingerprint density at radius 2 is 2.11 bits per heavy atom. The van der Waals surface area contributed by atoms with Crippen molar-refractivity contribution in [2.24, 2.45) is 0 Å². The van der Waals surface area contributed by atoms with E-state index in [-0.39, 0.29) is 0 Å². The van der Waals surface area contributed by atoms with Gasteiger partial charge in [0.25, 0.3) is 0 Å². The maximum absolute atomic E-state index is 8.76. The number of nitrogens with zero attached hydrogens (tertiary/aromatic N) is 1. The molecule has 94 valence electrons. The summed E-state index contributed by atoms with van der Waals surface area (Å²) in [6.07, 6.45) is 7.43. The van der Waals surface area contributed by atoms with Crippen LogP contribution in [-0.2, 0) is 0 Å². The van der Waals surface area contributed by atoms with Crippen LogP contribution in [0.15, 0.2) is 35.9 Å². The summed E-state index contributed by atoms with van der Waals surface area (Å²) < 4.78 is 0. The number of nitriles is 1. The number of allylic oxidation sites excluding steroid dienone is 1. The van der Waals surface area contributed by atoms with Gasteiger partial charge in [-0.25, -0.2) is 0 Å². The van der Waals surface area contributed by atoms with E-state index in [1.54, 1.807) is 5.57 Å². The molecule has 1 unspecified atom stereocenters. The summed E-state index contributed by atoms with van der Waals surface area (Å²) in [7, 11) is 0.